The Balaban J connectivity index is 2.00. The zero-order valence-corrected chi connectivity index (χ0v) is 14.9. The monoisotopic (exact) mass is 350 g/mol. The third-order valence-corrected chi connectivity index (χ3v) is 4.74. The topological polar surface area (TPSA) is 76.3 Å². The molecule has 0 saturated carbocycles. The Kier molecular flexibility index (Phi) is 6.10. The van der Waals surface area contributed by atoms with Gasteiger partial charge in [-0.1, -0.05) is 13.0 Å². The van der Waals surface area contributed by atoms with E-state index < -0.39 is 0 Å². The molecule has 0 fully saturated rings. The second kappa shape index (κ2) is 8.07. The number of hydrogen-bond acceptors (Lipinski definition) is 5. The van der Waals surface area contributed by atoms with Crippen LogP contribution in [0.5, 0.6) is 0 Å². The van der Waals surface area contributed by atoms with Crippen LogP contribution >= 0.6 is 11.3 Å². The molecule has 0 spiro atoms. The predicted molar refractivity (Wildman–Crippen MR) is 94.0 cm³/mol. The van der Waals surface area contributed by atoms with Crippen LogP contribution in [0, 0.1) is 0 Å². The SMILES string of the molecule is CCN(CC(=O)NCc1cccs1)Cc1cc(=O)n(C)c(=O)n1C. The molecule has 8 heteroatoms. The molecule has 0 aliphatic rings. The summed E-state index contributed by atoms with van der Waals surface area (Å²) >= 11 is 1.60. The van der Waals surface area contributed by atoms with E-state index in [9.17, 15) is 14.4 Å². The number of rotatable bonds is 7. The normalized spacial score (nSPS) is 11.0. The van der Waals surface area contributed by atoms with E-state index in [2.05, 4.69) is 5.32 Å². The molecule has 130 valence electrons. The minimum Gasteiger partial charge on any atom is -0.350 e. The van der Waals surface area contributed by atoms with Gasteiger partial charge in [0.2, 0.25) is 5.91 Å². The number of nitrogens with one attached hydrogen (secondary N) is 1. The molecule has 0 atom stereocenters. The first-order chi connectivity index (χ1) is 11.4. The number of aromatic nitrogens is 2. The Labute approximate surface area is 144 Å². The maximum absolute atomic E-state index is 12.1. The molecule has 0 aromatic carbocycles. The van der Waals surface area contributed by atoms with Gasteiger partial charge < -0.3 is 5.32 Å². The predicted octanol–water partition coefficient (Wildman–Crippen LogP) is 0.284. The first kappa shape index (κ1) is 18.2. The number of likely N-dealkylation sites (N-methyl/N-ethyl adjacent to an activating group) is 1. The van der Waals surface area contributed by atoms with E-state index in [1.807, 2.05) is 29.3 Å². The third kappa shape index (κ3) is 4.42. The molecule has 2 aromatic heterocycles. The van der Waals surface area contributed by atoms with Crippen molar-refractivity contribution in [1.82, 2.24) is 19.4 Å². The molecule has 0 radical (unpaired) electrons. The standard InChI is InChI=1S/C16H22N4O3S/c1-4-20(11-14(21)17-9-13-6-5-7-24-13)10-12-8-15(22)19(3)16(23)18(12)2/h5-8H,4,9-11H2,1-3H3,(H,17,21). The fraction of sp³-hybridized carbons (Fsp3) is 0.438. The molecule has 1 amide bonds. The highest BCUT2D eigenvalue weighted by Crippen LogP contribution is 2.07. The van der Waals surface area contributed by atoms with Crippen molar-refractivity contribution in [2.75, 3.05) is 13.1 Å². The number of hydrogen-bond donors (Lipinski definition) is 1. The average molecular weight is 350 g/mol. The maximum atomic E-state index is 12.1. The summed E-state index contributed by atoms with van der Waals surface area (Å²) in [5.41, 5.74) is -0.113. The van der Waals surface area contributed by atoms with Crippen LogP contribution < -0.4 is 16.6 Å². The van der Waals surface area contributed by atoms with Crippen LogP contribution in [-0.2, 0) is 32.0 Å². The van der Waals surface area contributed by atoms with Gasteiger partial charge in [-0.05, 0) is 18.0 Å². The minimum atomic E-state index is -0.365. The van der Waals surface area contributed by atoms with Crippen molar-refractivity contribution in [2.24, 2.45) is 14.1 Å². The lowest BCUT2D eigenvalue weighted by Gasteiger charge is -2.21. The first-order valence-electron chi connectivity index (χ1n) is 7.69. The van der Waals surface area contributed by atoms with Crippen molar-refractivity contribution in [1.29, 1.82) is 0 Å². The Morgan fingerprint density at radius 3 is 2.67 bits per heavy atom. The van der Waals surface area contributed by atoms with Gasteiger partial charge in [-0.25, -0.2) is 4.79 Å². The van der Waals surface area contributed by atoms with E-state index in [4.69, 9.17) is 0 Å². The molecular formula is C16H22N4O3S. The molecule has 7 nitrogen and oxygen atoms in total. The van der Waals surface area contributed by atoms with Crippen LogP contribution in [0.4, 0.5) is 0 Å². The van der Waals surface area contributed by atoms with Crippen LogP contribution in [-0.4, -0.2) is 33.0 Å². The lowest BCUT2D eigenvalue weighted by molar-refractivity contribution is -0.122. The second-order valence-corrected chi connectivity index (χ2v) is 6.57. The summed E-state index contributed by atoms with van der Waals surface area (Å²) in [5, 5.41) is 4.85. The highest BCUT2D eigenvalue weighted by molar-refractivity contribution is 7.09. The van der Waals surface area contributed by atoms with E-state index in [-0.39, 0.29) is 23.7 Å². The summed E-state index contributed by atoms with van der Waals surface area (Å²) in [4.78, 5) is 38.8. The lowest BCUT2D eigenvalue weighted by atomic mass is 10.3. The molecule has 1 N–H and O–H groups in total. The number of nitrogens with zero attached hydrogens (tertiary/aromatic N) is 3. The molecule has 0 bridgehead atoms. The smallest absolute Gasteiger partial charge is 0.330 e. The largest absolute Gasteiger partial charge is 0.350 e. The fourth-order valence-corrected chi connectivity index (χ4v) is 2.94. The zero-order chi connectivity index (χ0) is 17.7. The fourth-order valence-electron chi connectivity index (χ4n) is 2.30. The summed E-state index contributed by atoms with van der Waals surface area (Å²) in [5.74, 6) is -0.0842. The molecule has 2 rings (SSSR count). The van der Waals surface area contributed by atoms with Gasteiger partial charge in [-0.15, -0.1) is 11.3 Å². The molecule has 2 aromatic rings. The number of carbonyl (C=O) groups is 1. The Morgan fingerprint density at radius 2 is 2.04 bits per heavy atom. The third-order valence-electron chi connectivity index (χ3n) is 3.87. The molecule has 24 heavy (non-hydrogen) atoms. The van der Waals surface area contributed by atoms with Gasteiger partial charge in [0, 0.05) is 37.3 Å². The van der Waals surface area contributed by atoms with Crippen molar-refractivity contribution in [3.05, 3.63) is 55.0 Å². The second-order valence-electron chi connectivity index (χ2n) is 5.53. The van der Waals surface area contributed by atoms with Gasteiger partial charge in [-0.3, -0.25) is 23.6 Å². The number of carbonyl (C=O) groups excluding carboxylic acids is 1. The Morgan fingerprint density at radius 1 is 1.29 bits per heavy atom. The van der Waals surface area contributed by atoms with Gasteiger partial charge in [0.15, 0.2) is 0 Å². The van der Waals surface area contributed by atoms with Crippen LogP contribution in [0.1, 0.15) is 17.5 Å². The van der Waals surface area contributed by atoms with Gasteiger partial charge in [0.1, 0.15) is 0 Å². The van der Waals surface area contributed by atoms with E-state index in [1.165, 1.54) is 17.7 Å². The van der Waals surface area contributed by atoms with E-state index >= 15 is 0 Å². The van der Waals surface area contributed by atoms with Gasteiger partial charge >= 0.3 is 5.69 Å². The van der Waals surface area contributed by atoms with Crippen molar-refractivity contribution >= 4 is 17.2 Å². The minimum absolute atomic E-state index is 0.0842. The Hall–Kier alpha value is -2.19. The van der Waals surface area contributed by atoms with E-state index in [1.54, 1.807) is 18.4 Å². The molecular weight excluding hydrogens is 328 g/mol. The lowest BCUT2D eigenvalue weighted by Crippen LogP contribution is -2.41. The highest BCUT2D eigenvalue weighted by Gasteiger charge is 2.13. The van der Waals surface area contributed by atoms with E-state index in [0.29, 0.717) is 25.3 Å². The summed E-state index contributed by atoms with van der Waals surface area (Å²) in [6.07, 6.45) is 0. The summed E-state index contributed by atoms with van der Waals surface area (Å²) in [7, 11) is 3.08. The van der Waals surface area contributed by atoms with Gasteiger partial charge in [0.25, 0.3) is 5.56 Å². The molecule has 2 heterocycles. The van der Waals surface area contributed by atoms with Crippen LogP contribution in [0.3, 0.4) is 0 Å². The van der Waals surface area contributed by atoms with Crippen molar-refractivity contribution in [2.45, 2.75) is 20.0 Å². The van der Waals surface area contributed by atoms with Crippen molar-refractivity contribution in [3.63, 3.8) is 0 Å². The van der Waals surface area contributed by atoms with Gasteiger partial charge in [-0.2, -0.15) is 0 Å². The molecule has 0 unspecified atom stereocenters. The maximum Gasteiger partial charge on any atom is 0.330 e. The first-order valence-corrected chi connectivity index (χ1v) is 8.57. The van der Waals surface area contributed by atoms with Crippen molar-refractivity contribution < 1.29 is 4.79 Å². The van der Waals surface area contributed by atoms with Crippen LogP contribution in [0.15, 0.2) is 33.2 Å². The van der Waals surface area contributed by atoms with E-state index in [0.717, 1.165) is 9.44 Å². The summed E-state index contributed by atoms with van der Waals surface area (Å²) < 4.78 is 2.50. The number of amides is 1. The average Bonchev–Trinajstić information content (AvgIpc) is 3.08. The zero-order valence-electron chi connectivity index (χ0n) is 14.1. The quantitative estimate of drug-likeness (QED) is 0.778. The molecule has 0 aliphatic heterocycles. The van der Waals surface area contributed by atoms with Crippen LogP contribution in [0.25, 0.3) is 0 Å². The highest BCUT2D eigenvalue weighted by atomic mass is 32.1. The van der Waals surface area contributed by atoms with Crippen LogP contribution in [0.2, 0.25) is 0 Å². The Bertz CT molecular complexity index is 808. The summed E-state index contributed by atoms with van der Waals surface area (Å²) in [6, 6.07) is 5.35. The molecule has 0 saturated heterocycles. The summed E-state index contributed by atoms with van der Waals surface area (Å²) in [6.45, 7) is 3.66. The van der Waals surface area contributed by atoms with Crippen molar-refractivity contribution in [3.8, 4) is 0 Å². The molecule has 0 aliphatic carbocycles. The van der Waals surface area contributed by atoms with Gasteiger partial charge in [0.05, 0.1) is 13.1 Å². The number of thiophene rings is 1.